The molecule has 5 nitrogen and oxygen atoms in total. The van der Waals surface area contributed by atoms with Crippen molar-refractivity contribution in [1.29, 1.82) is 0 Å². The highest BCUT2D eigenvalue weighted by atomic mass is 32.2. The van der Waals surface area contributed by atoms with E-state index >= 15 is 0 Å². The number of amides is 2. The lowest BCUT2D eigenvalue weighted by molar-refractivity contribution is -0.129. The molecule has 0 bridgehead atoms. The van der Waals surface area contributed by atoms with Gasteiger partial charge >= 0.3 is 0 Å². The largest absolute Gasteiger partial charge is 0.344 e. The zero-order chi connectivity index (χ0) is 18.9. The van der Waals surface area contributed by atoms with Crippen LogP contribution in [0, 0.1) is 5.92 Å². The maximum atomic E-state index is 12.4. The summed E-state index contributed by atoms with van der Waals surface area (Å²) < 4.78 is 0. The van der Waals surface area contributed by atoms with Crippen LogP contribution in [0.4, 0.5) is 0 Å². The van der Waals surface area contributed by atoms with E-state index in [4.69, 9.17) is 0 Å². The fourth-order valence-electron chi connectivity index (χ4n) is 2.26. The van der Waals surface area contributed by atoms with Gasteiger partial charge in [0.25, 0.3) is 5.91 Å². The predicted molar refractivity (Wildman–Crippen MR) is 109 cm³/mol. The summed E-state index contributed by atoms with van der Waals surface area (Å²) >= 11 is 3.19. The van der Waals surface area contributed by atoms with E-state index in [-0.39, 0.29) is 24.2 Å². The topological polar surface area (TPSA) is 70.6 Å². The van der Waals surface area contributed by atoms with Crippen molar-refractivity contribution in [1.82, 2.24) is 10.7 Å². The maximum Gasteiger partial charge on any atom is 0.262 e. The van der Waals surface area contributed by atoms with E-state index in [0.717, 1.165) is 10.4 Å². The highest BCUT2D eigenvalue weighted by Crippen LogP contribution is 2.14. The molecule has 2 N–H and O–H groups in total. The van der Waals surface area contributed by atoms with E-state index in [0.29, 0.717) is 0 Å². The van der Waals surface area contributed by atoms with Crippen LogP contribution in [0.1, 0.15) is 24.3 Å². The molecule has 138 valence electrons. The van der Waals surface area contributed by atoms with Gasteiger partial charge in [-0.3, -0.25) is 9.59 Å². The van der Waals surface area contributed by atoms with Gasteiger partial charge in [0.05, 0.1) is 12.6 Å². The minimum absolute atomic E-state index is 0.0432. The van der Waals surface area contributed by atoms with Gasteiger partial charge in [0.2, 0.25) is 5.91 Å². The van der Waals surface area contributed by atoms with E-state index in [1.165, 1.54) is 16.2 Å². The molecule has 1 aromatic heterocycles. The molecule has 26 heavy (non-hydrogen) atoms. The molecule has 0 aliphatic rings. The number of hydrogen-bond acceptors (Lipinski definition) is 5. The van der Waals surface area contributed by atoms with Gasteiger partial charge in [-0.25, -0.2) is 5.43 Å². The second-order valence-electron chi connectivity index (χ2n) is 6.05. The van der Waals surface area contributed by atoms with Gasteiger partial charge in [0.15, 0.2) is 0 Å². The average molecular weight is 390 g/mol. The molecule has 7 heteroatoms. The van der Waals surface area contributed by atoms with Crippen LogP contribution in [0.3, 0.4) is 0 Å². The normalized spacial score (nSPS) is 12.3. The first kappa shape index (κ1) is 20.2. The Labute approximate surface area is 162 Å². The number of thioether (sulfide) groups is 1. The Bertz CT molecular complexity index is 741. The third-order valence-electron chi connectivity index (χ3n) is 3.68. The van der Waals surface area contributed by atoms with Crippen LogP contribution in [-0.2, 0) is 16.0 Å². The molecule has 1 aromatic carbocycles. The Kier molecular flexibility index (Phi) is 7.87. The molecular weight excluding hydrogens is 366 g/mol. The van der Waals surface area contributed by atoms with Crippen molar-refractivity contribution in [3.05, 3.63) is 52.2 Å². The van der Waals surface area contributed by atoms with Crippen LogP contribution >= 0.6 is 23.1 Å². The summed E-state index contributed by atoms with van der Waals surface area (Å²) in [6, 6.07) is 11.0. The Balaban J connectivity index is 1.90. The number of carbonyl (C=O) groups excluding carboxylic acids is 2. The van der Waals surface area contributed by atoms with Gasteiger partial charge in [0, 0.05) is 9.77 Å². The molecule has 0 saturated heterocycles. The molecule has 0 radical (unpaired) electrons. The third kappa shape index (κ3) is 6.31. The van der Waals surface area contributed by atoms with Crippen LogP contribution in [-0.4, -0.2) is 30.3 Å². The van der Waals surface area contributed by atoms with E-state index < -0.39 is 6.04 Å². The number of nitrogens with one attached hydrogen (secondary N) is 2. The van der Waals surface area contributed by atoms with Crippen molar-refractivity contribution < 1.29 is 9.59 Å². The van der Waals surface area contributed by atoms with E-state index in [1.54, 1.807) is 18.0 Å². The first-order valence-corrected chi connectivity index (χ1v) is 10.4. The highest BCUT2D eigenvalue weighted by molar-refractivity contribution is 7.98. The zero-order valence-corrected chi connectivity index (χ0v) is 16.7. The second kappa shape index (κ2) is 10.1. The van der Waals surface area contributed by atoms with E-state index in [9.17, 15) is 9.59 Å². The first-order chi connectivity index (χ1) is 12.5. The number of carbonyl (C=O) groups is 2. The number of thiophene rings is 1. The summed E-state index contributed by atoms with van der Waals surface area (Å²) in [6.07, 6.45) is 3.88. The molecular formula is C19H23N3O2S2. The first-order valence-electron chi connectivity index (χ1n) is 8.28. The van der Waals surface area contributed by atoms with Crippen LogP contribution in [0.15, 0.2) is 51.8 Å². The molecule has 0 aliphatic heterocycles. The molecule has 1 atom stereocenters. The predicted octanol–water partition coefficient (Wildman–Crippen LogP) is 3.30. The summed E-state index contributed by atoms with van der Waals surface area (Å²) in [5, 5.41) is 8.73. The standard InChI is InChI=1S/C19H23N3O2S2/c1-13(2)18(21-17(23)11-16-5-4-10-26-16)19(24)22-20-12-14-6-8-15(25-3)9-7-14/h4-10,12-13,18H,11H2,1-3H3,(H,21,23)(H,22,24)/b20-12+/t18-/m1/s1. The minimum atomic E-state index is -0.626. The van der Waals surface area contributed by atoms with Crippen LogP contribution < -0.4 is 10.7 Å². The van der Waals surface area contributed by atoms with Crippen LogP contribution in [0.5, 0.6) is 0 Å². The number of benzene rings is 1. The smallest absolute Gasteiger partial charge is 0.262 e. The van der Waals surface area contributed by atoms with Crippen molar-refractivity contribution in [2.45, 2.75) is 31.2 Å². The summed E-state index contributed by atoms with van der Waals surface area (Å²) in [7, 11) is 0. The van der Waals surface area contributed by atoms with E-state index in [2.05, 4.69) is 15.8 Å². The lowest BCUT2D eigenvalue weighted by atomic mass is 10.0. The van der Waals surface area contributed by atoms with Gasteiger partial charge < -0.3 is 5.32 Å². The molecule has 1 heterocycles. The molecule has 0 aliphatic carbocycles. The number of rotatable bonds is 8. The summed E-state index contributed by atoms with van der Waals surface area (Å²) in [5.74, 6) is -0.534. The van der Waals surface area contributed by atoms with Crippen molar-refractivity contribution in [3.63, 3.8) is 0 Å². The second-order valence-corrected chi connectivity index (χ2v) is 7.96. The highest BCUT2D eigenvalue weighted by Gasteiger charge is 2.24. The van der Waals surface area contributed by atoms with Crippen molar-refractivity contribution in [3.8, 4) is 0 Å². The summed E-state index contributed by atoms with van der Waals surface area (Å²) in [4.78, 5) is 26.7. The van der Waals surface area contributed by atoms with Crippen LogP contribution in [0.25, 0.3) is 0 Å². The fraction of sp³-hybridized carbons (Fsp3) is 0.316. The Hall–Kier alpha value is -2.12. The number of hydrazone groups is 1. The Morgan fingerprint density at radius 3 is 2.54 bits per heavy atom. The molecule has 0 saturated carbocycles. The molecule has 2 rings (SSSR count). The summed E-state index contributed by atoms with van der Waals surface area (Å²) in [5.41, 5.74) is 3.41. The van der Waals surface area contributed by atoms with Gasteiger partial charge in [0.1, 0.15) is 6.04 Å². The Morgan fingerprint density at radius 2 is 1.96 bits per heavy atom. The zero-order valence-electron chi connectivity index (χ0n) is 15.1. The van der Waals surface area contributed by atoms with Gasteiger partial charge in [-0.1, -0.05) is 32.0 Å². The van der Waals surface area contributed by atoms with Crippen molar-refractivity contribution >= 4 is 41.1 Å². The maximum absolute atomic E-state index is 12.4. The summed E-state index contributed by atoms with van der Waals surface area (Å²) in [6.45, 7) is 3.78. The minimum Gasteiger partial charge on any atom is -0.344 e. The molecule has 0 spiro atoms. The van der Waals surface area contributed by atoms with Gasteiger partial charge in [-0.05, 0) is 41.3 Å². The quantitative estimate of drug-likeness (QED) is 0.413. The Morgan fingerprint density at radius 1 is 1.23 bits per heavy atom. The molecule has 0 fully saturated rings. The van der Waals surface area contributed by atoms with Gasteiger partial charge in [-0.15, -0.1) is 23.1 Å². The molecule has 0 unspecified atom stereocenters. The molecule has 2 aromatic rings. The average Bonchev–Trinajstić information content (AvgIpc) is 3.12. The third-order valence-corrected chi connectivity index (χ3v) is 5.30. The van der Waals surface area contributed by atoms with Crippen molar-refractivity contribution in [2.75, 3.05) is 6.26 Å². The monoisotopic (exact) mass is 389 g/mol. The number of hydrogen-bond donors (Lipinski definition) is 2. The lowest BCUT2D eigenvalue weighted by Gasteiger charge is -2.20. The lowest BCUT2D eigenvalue weighted by Crippen LogP contribution is -2.49. The molecule has 2 amide bonds. The fourth-order valence-corrected chi connectivity index (χ4v) is 3.37. The van der Waals surface area contributed by atoms with E-state index in [1.807, 2.05) is 61.9 Å². The van der Waals surface area contributed by atoms with Crippen molar-refractivity contribution in [2.24, 2.45) is 11.0 Å². The SMILES string of the molecule is CSc1ccc(/C=N/NC(=O)[C@H](NC(=O)Cc2cccs2)C(C)C)cc1. The number of nitrogens with zero attached hydrogens (tertiary/aromatic N) is 1. The van der Waals surface area contributed by atoms with Gasteiger partial charge in [-0.2, -0.15) is 5.10 Å². The van der Waals surface area contributed by atoms with Crippen LogP contribution in [0.2, 0.25) is 0 Å².